The Bertz CT molecular complexity index is 1310. The average Bonchev–Trinajstić information content (AvgIpc) is 3.32. The summed E-state index contributed by atoms with van der Waals surface area (Å²) in [6.07, 6.45) is 9.21. The van der Waals surface area contributed by atoms with Crippen molar-refractivity contribution in [1.29, 1.82) is 0 Å². The molecular weight excluding hydrogens is 556 g/mol. The highest BCUT2D eigenvalue weighted by Gasteiger charge is 2.46. The van der Waals surface area contributed by atoms with E-state index in [9.17, 15) is 14.4 Å². The number of cyclic esters (lactones) is 1. The molecule has 9 heteroatoms. The topological polar surface area (TPSA) is 101 Å². The molecule has 2 aromatic carbocycles. The minimum Gasteiger partial charge on any atom is -0.467 e. The number of rotatable bonds is 8. The number of ether oxygens (including phenoxy) is 2. The zero-order chi connectivity index (χ0) is 31.7. The van der Waals surface area contributed by atoms with Gasteiger partial charge in [0.15, 0.2) is 5.54 Å². The first-order valence-corrected chi connectivity index (χ1v) is 15.8. The fourth-order valence-electron chi connectivity index (χ4n) is 6.29. The van der Waals surface area contributed by atoms with Crippen molar-refractivity contribution in [3.8, 4) is 0 Å². The molecule has 2 saturated carbocycles. The van der Waals surface area contributed by atoms with E-state index in [4.69, 9.17) is 9.47 Å². The van der Waals surface area contributed by atoms with Gasteiger partial charge in [-0.3, -0.25) is 4.79 Å². The Morgan fingerprint density at radius 3 is 1.80 bits per heavy atom. The minimum absolute atomic E-state index is 0.158. The van der Waals surface area contributed by atoms with Gasteiger partial charge in [0.2, 0.25) is 5.90 Å². The SMILES string of the molecule is CN(C)Cc1ccc(C2=NC3(CCCCC3)C(=O)O2)cc1.COC(=O)C1(NC(=O)c2ccc(CN(C)C)cc2)CCCCC1. The number of hydrogen-bond donors (Lipinski definition) is 1. The van der Waals surface area contributed by atoms with Crippen molar-refractivity contribution in [1.82, 2.24) is 15.1 Å². The van der Waals surface area contributed by atoms with Crippen molar-refractivity contribution < 1.29 is 23.9 Å². The van der Waals surface area contributed by atoms with Crippen LogP contribution in [0, 0.1) is 0 Å². The lowest BCUT2D eigenvalue weighted by Crippen LogP contribution is -2.56. The third-order valence-electron chi connectivity index (χ3n) is 8.62. The van der Waals surface area contributed by atoms with Gasteiger partial charge < -0.3 is 24.6 Å². The molecule has 1 aliphatic heterocycles. The number of methoxy groups -OCH3 is 1. The Morgan fingerprint density at radius 1 is 0.795 bits per heavy atom. The first-order chi connectivity index (χ1) is 21.1. The molecule has 1 heterocycles. The number of carbonyl (C=O) groups is 3. The van der Waals surface area contributed by atoms with Crippen LogP contribution in [0.4, 0.5) is 0 Å². The van der Waals surface area contributed by atoms with Crippen molar-refractivity contribution in [2.45, 2.75) is 88.4 Å². The van der Waals surface area contributed by atoms with Gasteiger partial charge in [0.1, 0.15) is 5.54 Å². The van der Waals surface area contributed by atoms with Gasteiger partial charge in [-0.25, -0.2) is 14.6 Å². The van der Waals surface area contributed by atoms with Gasteiger partial charge in [0, 0.05) is 24.2 Å². The second-order valence-electron chi connectivity index (χ2n) is 12.9. The summed E-state index contributed by atoms with van der Waals surface area (Å²) >= 11 is 0. The molecule has 0 atom stereocenters. The molecule has 44 heavy (non-hydrogen) atoms. The molecule has 2 aromatic rings. The third-order valence-corrected chi connectivity index (χ3v) is 8.62. The highest BCUT2D eigenvalue weighted by atomic mass is 16.6. The van der Waals surface area contributed by atoms with Crippen LogP contribution in [-0.2, 0) is 32.2 Å². The monoisotopic (exact) mass is 604 g/mol. The normalized spacial score (nSPS) is 18.7. The zero-order valence-corrected chi connectivity index (χ0v) is 27.0. The van der Waals surface area contributed by atoms with Crippen LogP contribution < -0.4 is 5.32 Å². The molecule has 1 amide bonds. The highest BCUT2D eigenvalue weighted by molar-refractivity contribution is 6.08. The molecule has 0 aromatic heterocycles. The second kappa shape index (κ2) is 14.9. The Hall–Kier alpha value is -3.56. The number of benzene rings is 2. The predicted octanol–water partition coefficient (Wildman–Crippen LogP) is 5.11. The number of hydrogen-bond acceptors (Lipinski definition) is 8. The van der Waals surface area contributed by atoms with Gasteiger partial charge in [0.05, 0.1) is 7.11 Å². The Balaban J connectivity index is 0.000000201. The number of amides is 1. The van der Waals surface area contributed by atoms with E-state index in [2.05, 4.69) is 32.2 Å². The molecule has 2 aliphatic carbocycles. The smallest absolute Gasteiger partial charge is 0.340 e. The maximum absolute atomic E-state index is 12.5. The summed E-state index contributed by atoms with van der Waals surface area (Å²) in [6, 6.07) is 15.6. The Morgan fingerprint density at radius 2 is 1.30 bits per heavy atom. The van der Waals surface area contributed by atoms with Crippen molar-refractivity contribution in [2.24, 2.45) is 4.99 Å². The number of carbonyl (C=O) groups excluding carboxylic acids is 3. The van der Waals surface area contributed by atoms with Crippen LogP contribution in [0.3, 0.4) is 0 Å². The van der Waals surface area contributed by atoms with Gasteiger partial charge in [-0.1, -0.05) is 62.8 Å². The molecule has 1 spiro atoms. The molecule has 2 fully saturated rings. The van der Waals surface area contributed by atoms with Gasteiger partial charge in [-0.05, 0) is 89.3 Å². The summed E-state index contributed by atoms with van der Waals surface area (Å²) in [4.78, 5) is 45.8. The molecular formula is C35H48N4O5. The predicted molar refractivity (Wildman–Crippen MR) is 171 cm³/mol. The van der Waals surface area contributed by atoms with Gasteiger partial charge in [-0.2, -0.15) is 0 Å². The van der Waals surface area contributed by atoms with Crippen LogP contribution in [-0.4, -0.2) is 79.9 Å². The van der Waals surface area contributed by atoms with Crippen LogP contribution in [0.5, 0.6) is 0 Å². The van der Waals surface area contributed by atoms with E-state index in [0.717, 1.165) is 69.2 Å². The quantitative estimate of drug-likeness (QED) is 0.418. The number of nitrogens with zero attached hydrogens (tertiary/aromatic N) is 3. The van der Waals surface area contributed by atoms with Crippen molar-refractivity contribution in [3.05, 3.63) is 70.8 Å². The summed E-state index contributed by atoms with van der Waals surface area (Å²) in [7, 11) is 9.47. The van der Waals surface area contributed by atoms with Crippen LogP contribution >= 0.6 is 0 Å². The molecule has 1 N–H and O–H groups in total. The highest BCUT2D eigenvalue weighted by Crippen LogP contribution is 2.37. The van der Waals surface area contributed by atoms with Crippen molar-refractivity contribution >= 4 is 23.7 Å². The molecule has 9 nitrogen and oxygen atoms in total. The Kier molecular flexibility index (Phi) is 11.3. The summed E-state index contributed by atoms with van der Waals surface area (Å²) in [5.41, 5.74) is 2.39. The molecule has 0 unspecified atom stereocenters. The Labute approximate surface area is 262 Å². The number of aliphatic imine (C=N–C) groups is 1. The van der Waals surface area contributed by atoms with E-state index in [0.29, 0.717) is 24.3 Å². The molecule has 0 bridgehead atoms. The fraction of sp³-hybridized carbons (Fsp3) is 0.543. The number of nitrogens with one attached hydrogen (secondary N) is 1. The van der Waals surface area contributed by atoms with Crippen LogP contribution in [0.15, 0.2) is 53.5 Å². The van der Waals surface area contributed by atoms with E-state index < -0.39 is 11.1 Å². The van der Waals surface area contributed by atoms with Gasteiger partial charge >= 0.3 is 11.9 Å². The van der Waals surface area contributed by atoms with E-state index in [1.165, 1.54) is 19.1 Å². The van der Waals surface area contributed by atoms with Crippen LogP contribution in [0.25, 0.3) is 0 Å². The first-order valence-electron chi connectivity index (χ1n) is 15.8. The molecule has 238 valence electrons. The van der Waals surface area contributed by atoms with Crippen LogP contribution in [0.2, 0.25) is 0 Å². The molecule has 0 saturated heterocycles. The lowest BCUT2D eigenvalue weighted by atomic mass is 9.81. The van der Waals surface area contributed by atoms with E-state index in [1.807, 2.05) is 64.6 Å². The lowest BCUT2D eigenvalue weighted by molar-refractivity contribution is -0.149. The maximum atomic E-state index is 12.5. The average molecular weight is 605 g/mol. The lowest BCUT2D eigenvalue weighted by Gasteiger charge is -2.35. The van der Waals surface area contributed by atoms with Crippen molar-refractivity contribution in [2.75, 3.05) is 35.3 Å². The van der Waals surface area contributed by atoms with Gasteiger partial charge in [-0.15, -0.1) is 0 Å². The fourth-order valence-corrected chi connectivity index (χ4v) is 6.29. The first kappa shape index (κ1) is 33.3. The van der Waals surface area contributed by atoms with Crippen LogP contribution in [0.1, 0.15) is 91.3 Å². The number of esters is 2. The molecule has 0 radical (unpaired) electrons. The van der Waals surface area contributed by atoms with Crippen molar-refractivity contribution in [3.63, 3.8) is 0 Å². The van der Waals surface area contributed by atoms with Gasteiger partial charge in [0.25, 0.3) is 5.91 Å². The summed E-state index contributed by atoms with van der Waals surface area (Å²) < 4.78 is 10.4. The second-order valence-corrected chi connectivity index (χ2v) is 12.9. The summed E-state index contributed by atoms with van der Waals surface area (Å²) in [5, 5.41) is 2.94. The van der Waals surface area contributed by atoms with E-state index in [1.54, 1.807) is 0 Å². The standard InChI is InChI=1S/C18H26N2O3.C17H22N2O2/c1-20(2)13-14-7-9-15(10-8-14)16(21)19-18(17(22)23-3)11-5-4-6-12-18;1-19(2)12-13-6-8-14(9-7-13)15-18-17(16(20)21-15)10-4-3-5-11-17/h7-10H,4-6,11-13H2,1-3H3,(H,19,21);6-9H,3-5,10-12H2,1-2H3. The summed E-state index contributed by atoms with van der Waals surface area (Å²) in [6.45, 7) is 1.73. The van der Waals surface area contributed by atoms with E-state index in [-0.39, 0.29) is 17.8 Å². The van der Waals surface area contributed by atoms with E-state index >= 15 is 0 Å². The summed E-state index contributed by atoms with van der Waals surface area (Å²) in [5.74, 6) is -0.212. The largest absolute Gasteiger partial charge is 0.467 e. The minimum atomic E-state index is -0.869. The third kappa shape index (κ3) is 8.33. The molecule has 5 rings (SSSR count). The maximum Gasteiger partial charge on any atom is 0.340 e. The molecule has 3 aliphatic rings. The zero-order valence-electron chi connectivity index (χ0n) is 27.0.